The molecule has 1 N–H and O–H groups in total. The smallest absolute Gasteiger partial charge is 0.231 e. The van der Waals surface area contributed by atoms with Crippen LogP contribution < -0.4 is 5.32 Å². The highest BCUT2D eigenvalue weighted by molar-refractivity contribution is 7.99. The van der Waals surface area contributed by atoms with Crippen LogP contribution in [0.15, 0.2) is 84.3 Å². The highest BCUT2D eigenvalue weighted by Gasteiger charge is 2.19. The van der Waals surface area contributed by atoms with E-state index in [9.17, 15) is 4.79 Å². The molecule has 0 aliphatic carbocycles. The van der Waals surface area contributed by atoms with E-state index in [1.54, 1.807) is 12.4 Å². The fourth-order valence-electron chi connectivity index (χ4n) is 3.39. The molecule has 4 aromatic rings. The van der Waals surface area contributed by atoms with Crippen LogP contribution in [0.2, 0.25) is 5.02 Å². The van der Waals surface area contributed by atoms with Crippen molar-refractivity contribution in [2.45, 2.75) is 24.7 Å². The molecule has 0 bridgehead atoms. The molecule has 0 saturated heterocycles. The first kappa shape index (κ1) is 22.0. The van der Waals surface area contributed by atoms with Crippen molar-refractivity contribution in [2.75, 3.05) is 5.75 Å². The van der Waals surface area contributed by atoms with Crippen LogP contribution in [-0.4, -0.2) is 31.4 Å². The van der Waals surface area contributed by atoms with Gasteiger partial charge in [-0.25, -0.2) is 0 Å². The molecule has 0 aliphatic heterocycles. The highest BCUT2D eigenvalue weighted by atomic mass is 35.5. The van der Waals surface area contributed by atoms with Crippen molar-refractivity contribution in [1.82, 2.24) is 25.1 Å². The van der Waals surface area contributed by atoms with Crippen molar-refractivity contribution in [2.24, 2.45) is 0 Å². The summed E-state index contributed by atoms with van der Waals surface area (Å²) in [6.45, 7) is 2.73. The molecule has 6 nitrogen and oxygen atoms in total. The number of halogens is 1. The van der Waals surface area contributed by atoms with E-state index in [0.717, 1.165) is 22.5 Å². The summed E-state index contributed by atoms with van der Waals surface area (Å²) in [6.07, 6.45) is 3.45. The molecule has 1 amide bonds. The van der Waals surface area contributed by atoms with Gasteiger partial charge in [0.05, 0.1) is 11.8 Å². The second-order valence-corrected chi connectivity index (χ2v) is 8.42. The lowest BCUT2D eigenvalue weighted by Gasteiger charge is -2.20. The van der Waals surface area contributed by atoms with Crippen LogP contribution in [0, 0.1) is 0 Å². The Kier molecular flexibility index (Phi) is 7.19. The lowest BCUT2D eigenvalue weighted by Crippen LogP contribution is -2.30. The quantitative estimate of drug-likeness (QED) is 0.372. The molecule has 8 heteroatoms. The van der Waals surface area contributed by atoms with E-state index in [2.05, 4.69) is 20.5 Å². The maximum atomic E-state index is 12.9. The van der Waals surface area contributed by atoms with Crippen LogP contribution >= 0.6 is 23.4 Å². The number of benzene rings is 2. The van der Waals surface area contributed by atoms with Crippen LogP contribution in [0.3, 0.4) is 0 Å². The van der Waals surface area contributed by atoms with Gasteiger partial charge >= 0.3 is 0 Å². The number of nitrogens with one attached hydrogen (secondary N) is 1. The van der Waals surface area contributed by atoms with E-state index in [1.165, 1.54) is 11.8 Å². The average molecular weight is 464 g/mol. The molecule has 0 fully saturated rings. The maximum absolute atomic E-state index is 12.9. The van der Waals surface area contributed by atoms with Crippen molar-refractivity contribution >= 4 is 29.3 Å². The van der Waals surface area contributed by atoms with Crippen LogP contribution in [0.5, 0.6) is 0 Å². The number of nitrogens with zero attached hydrogens (tertiary/aromatic N) is 4. The Labute approximate surface area is 196 Å². The molecule has 2 aromatic carbocycles. The highest BCUT2D eigenvalue weighted by Crippen LogP contribution is 2.26. The summed E-state index contributed by atoms with van der Waals surface area (Å²) in [6, 6.07) is 20.9. The van der Waals surface area contributed by atoms with Gasteiger partial charge in [-0.1, -0.05) is 65.8 Å². The summed E-state index contributed by atoms with van der Waals surface area (Å²) >= 11 is 7.42. The number of hydrogen-bond donors (Lipinski definition) is 1. The molecule has 0 radical (unpaired) electrons. The van der Waals surface area contributed by atoms with Crippen molar-refractivity contribution < 1.29 is 4.79 Å². The number of thioether (sulfide) groups is 1. The Morgan fingerprint density at radius 1 is 1.00 bits per heavy atom. The van der Waals surface area contributed by atoms with E-state index < -0.39 is 0 Å². The van der Waals surface area contributed by atoms with Crippen LogP contribution in [-0.2, 0) is 11.3 Å². The van der Waals surface area contributed by atoms with Gasteiger partial charge in [-0.15, -0.1) is 10.2 Å². The van der Waals surface area contributed by atoms with Gasteiger partial charge in [-0.2, -0.15) is 0 Å². The van der Waals surface area contributed by atoms with Gasteiger partial charge in [0, 0.05) is 29.5 Å². The average Bonchev–Trinajstić information content (AvgIpc) is 3.26. The minimum Gasteiger partial charge on any atom is -0.344 e. The van der Waals surface area contributed by atoms with E-state index in [1.807, 2.05) is 78.2 Å². The van der Waals surface area contributed by atoms with E-state index >= 15 is 0 Å². The van der Waals surface area contributed by atoms with Gasteiger partial charge in [0.15, 0.2) is 11.0 Å². The number of pyridine rings is 1. The molecule has 2 aromatic heterocycles. The number of hydrogen-bond acceptors (Lipinski definition) is 5. The first-order valence-electron chi connectivity index (χ1n) is 10.2. The Bertz CT molecular complexity index is 1170. The lowest BCUT2D eigenvalue weighted by molar-refractivity contribution is -0.119. The molecular weight excluding hydrogens is 442 g/mol. The zero-order chi connectivity index (χ0) is 22.3. The fraction of sp³-hybridized carbons (Fsp3) is 0.167. The number of carbonyl (C=O) groups excluding carboxylic acids is 1. The number of aromatic nitrogens is 4. The summed E-state index contributed by atoms with van der Waals surface area (Å²) < 4.78 is 2.00. The fourth-order valence-corrected chi connectivity index (χ4v) is 4.33. The minimum absolute atomic E-state index is 0.0880. The number of amides is 1. The molecule has 2 heterocycles. The van der Waals surface area contributed by atoms with Crippen LogP contribution in [0.1, 0.15) is 24.1 Å². The van der Waals surface area contributed by atoms with Crippen LogP contribution in [0.4, 0.5) is 0 Å². The molecule has 0 aliphatic rings. The molecule has 32 heavy (non-hydrogen) atoms. The third kappa shape index (κ3) is 5.18. The van der Waals surface area contributed by atoms with Gasteiger partial charge < -0.3 is 9.88 Å². The zero-order valence-electron chi connectivity index (χ0n) is 17.5. The predicted octanol–water partition coefficient (Wildman–Crippen LogP) is 5.01. The summed E-state index contributed by atoms with van der Waals surface area (Å²) in [5.74, 6) is 0.904. The van der Waals surface area contributed by atoms with Gasteiger partial charge in [-0.3, -0.25) is 9.78 Å². The van der Waals surface area contributed by atoms with Gasteiger partial charge in [0.2, 0.25) is 5.91 Å². The number of carbonyl (C=O) groups is 1. The van der Waals surface area contributed by atoms with Crippen molar-refractivity contribution in [3.63, 3.8) is 0 Å². The zero-order valence-corrected chi connectivity index (χ0v) is 19.1. The standard InChI is InChI=1S/C24H22ClN5OS/c1-2-30-23(19-12-14-26-15-13-19)28-29-24(30)32-16-21(31)27-22(17-6-4-3-5-7-17)18-8-10-20(25)11-9-18/h3-15,22H,2,16H2,1H3,(H,27,31). The Balaban J connectivity index is 1.49. The van der Waals surface area contributed by atoms with Crippen molar-refractivity contribution in [3.05, 3.63) is 95.3 Å². The Hall–Kier alpha value is -3.16. The predicted molar refractivity (Wildman–Crippen MR) is 128 cm³/mol. The van der Waals surface area contributed by atoms with E-state index in [4.69, 9.17) is 11.6 Å². The summed E-state index contributed by atoms with van der Waals surface area (Å²) in [5, 5.41) is 13.1. The topological polar surface area (TPSA) is 72.7 Å². The molecule has 162 valence electrons. The summed E-state index contributed by atoms with van der Waals surface area (Å²) in [4.78, 5) is 16.9. The Morgan fingerprint density at radius 2 is 1.69 bits per heavy atom. The summed E-state index contributed by atoms with van der Waals surface area (Å²) in [5.41, 5.74) is 2.91. The minimum atomic E-state index is -0.266. The maximum Gasteiger partial charge on any atom is 0.231 e. The van der Waals surface area contributed by atoms with E-state index in [0.29, 0.717) is 16.7 Å². The largest absolute Gasteiger partial charge is 0.344 e. The van der Waals surface area contributed by atoms with Gasteiger partial charge in [-0.05, 0) is 42.3 Å². The number of rotatable bonds is 8. The van der Waals surface area contributed by atoms with Crippen molar-refractivity contribution in [1.29, 1.82) is 0 Å². The lowest BCUT2D eigenvalue weighted by atomic mass is 9.99. The third-order valence-corrected chi connectivity index (χ3v) is 6.16. The second-order valence-electron chi connectivity index (χ2n) is 7.04. The first-order valence-corrected chi connectivity index (χ1v) is 11.6. The Morgan fingerprint density at radius 3 is 2.38 bits per heavy atom. The molecule has 4 rings (SSSR count). The van der Waals surface area contributed by atoms with Crippen molar-refractivity contribution in [3.8, 4) is 11.4 Å². The molecule has 1 unspecified atom stereocenters. The third-order valence-electron chi connectivity index (χ3n) is 4.95. The van der Waals surface area contributed by atoms with Crippen LogP contribution in [0.25, 0.3) is 11.4 Å². The SMILES string of the molecule is CCn1c(SCC(=O)NC(c2ccccc2)c2ccc(Cl)cc2)nnc1-c1ccncc1. The van der Waals surface area contributed by atoms with Gasteiger partial charge in [0.1, 0.15) is 0 Å². The normalized spacial score (nSPS) is 11.8. The summed E-state index contributed by atoms with van der Waals surface area (Å²) in [7, 11) is 0. The first-order chi connectivity index (χ1) is 15.7. The second kappa shape index (κ2) is 10.4. The monoisotopic (exact) mass is 463 g/mol. The molecule has 1 atom stereocenters. The molecular formula is C24H22ClN5OS. The van der Waals surface area contributed by atoms with E-state index in [-0.39, 0.29) is 17.7 Å². The molecule has 0 saturated carbocycles. The molecule has 0 spiro atoms. The van der Waals surface area contributed by atoms with Gasteiger partial charge in [0.25, 0.3) is 0 Å².